The standard InChI is InChI=1S/C16H33NO2S/c1-18-12-7-10-17(11-13-19-2)14-16(15-20)8-5-3-4-6-9-16/h20H,3-15H2,1-2H3. The average Bonchev–Trinajstić information content (AvgIpc) is 2.71. The Morgan fingerprint density at radius 3 is 2.15 bits per heavy atom. The van der Waals surface area contributed by atoms with Crippen molar-refractivity contribution in [2.75, 3.05) is 52.8 Å². The molecule has 1 aliphatic carbocycles. The highest BCUT2D eigenvalue weighted by Gasteiger charge is 2.31. The van der Waals surface area contributed by atoms with E-state index in [4.69, 9.17) is 9.47 Å². The van der Waals surface area contributed by atoms with E-state index in [0.717, 1.165) is 38.5 Å². The highest BCUT2D eigenvalue weighted by molar-refractivity contribution is 7.80. The van der Waals surface area contributed by atoms with Crippen molar-refractivity contribution < 1.29 is 9.47 Å². The highest BCUT2D eigenvalue weighted by Crippen LogP contribution is 2.36. The van der Waals surface area contributed by atoms with Gasteiger partial charge >= 0.3 is 0 Å². The van der Waals surface area contributed by atoms with E-state index in [0.29, 0.717) is 5.41 Å². The van der Waals surface area contributed by atoms with Gasteiger partial charge in [0.05, 0.1) is 6.61 Å². The van der Waals surface area contributed by atoms with Crippen LogP contribution in [-0.2, 0) is 9.47 Å². The highest BCUT2D eigenvalue weighted by atomic mass is 32.1. The second kappa shape index (κ2) is 10.9. The first-order valence-electron chi connectivity index (χ1n) is 8.07. The molecule has 20 heavy (non-hydrogen) atoms. The monoisotopic (exact) mass is 303 g/mol. The summed E-state index contributed by atoms with van der Waals surface area (Å²) in [5.41, 5.74) is 0.417. The molecule has 0 radical (unpaired) electrons. The molecule has 1 saturated carbocycles. The number of nitrogens with zero attached hydrogens (tertiary/aromatic N) is 1. The summed E-state index contributed by atoms with van der Waals surface area (Å²) < 4.78 is 10.5. The first kappa shape index (κ1) is 18.3. The Labute approximate surface area is 130 Å². The molecule has 0 unspecified atom stereocenters. The van der Waals surface area contributed by atoms with E-state index >= 15 is 0 Å². The molecule has 0 aliphatic heterocycles. The van der Waals surface area contributed by atoms with Crippen LogP contribution in [0.2, 0.25) is 0 Å². The van der Waals surface area contributed by atoms with Crippen LogP contribution >= 0.6 is 12.6 Å². The molecular weight excluding hydrogens is 270 g/mol. The predicted molar refractivity (Wildman–Crippen MR) is 88.8 cm³/mol. The van der Waals surface area contributed by atoms with Gasteiger partial charge in [-0.15, -0.1) is 0 Å². The molecule has 1 fully saturated rings. The number of ether oxygens (including phenoxy) is 2. The summed E-state index contributed by atoms with van der Waals surface area (Å²) in [6.07, 6.45) is 9.32. The lowest BCUT2D eigenvalue weighted by Gasteiger charge is -2.37. The summed E-state index contributed by atoms with van der Waals surface area (Å²) in [6, 6.07) is 0. The minimum absolute atomic E-state index is 0.417. The molecule has 1 rings (SSSR count). The molecule has 0 aromatic rings. The smallest absolute Gasteiger partial charge is 0.0589 e. The van der Waals surface area contributed by atoms with Gasteiger partial charge in [-0.25, -0.2) is 0 Å². The number of hydrogen-bond acceptors (Lipinski definition) is 4. The Morgan fingerprint density at radius 1 is 0.950 bits per heavy atom. The van der Waals surface area contributed by atoms with E-state index in [1.807, 2.05) is 0 Å². The van der Waals surface area contributed by atoms with Crippen LogP contribution < -0.4 is 0 Å². The zero-order chi connectivity index (χ0) is 14.7. The van der Waals surface area contributed by atoms with Gasteiger partial charge in [-0.3, -0.25) is 0 Å². The summed E-state index contributed by atoms with van der Waals surface area (Å²) >= 11 is 4.69. The van der Waals surface area contributed by atoms with E-state index in [1.54, 1.807) is 14.2 Å². The van der Waals surface area contributed by atoms with Crippen molar-refractivity contribution in [1.82, 2.24) is 4.90 Å². The van der Waals surface area contributed by atoms with Gasteiger partial charge in [-0.1, -0.05) is 25.7 Å². The van der Waals surface area contributed by atoms with Gasteiger partial charge in [-0.2, -0.15) is 12.6 Å². The van der Waals surface area contributed by atoms with Gasteiger partial charge in [0.15, 0.2) is 0 Å². The van der Waals surface area contributed by atoms with Crippen LogP contribution in [0, 0.1) is 5.41 Å². The molecule has 1 aliphatic rings. The summed E-state index contributed by atoms with van der Waals surface area (Å²) in [5, 5.41) is 0. The summed E-state index contributed by atoms with van der Waals surface area (Å²) in [4.78, 5) is 2.56. The van der Waals surface area contributed by atoms with Crippen LogP contribution in [0.1, 0.15) is 44.9 Å². The Bertz CT molecular complexity index is 231. The number of thiol groups is 1. The molecule has 0 bridgehead atoms. The first-order chi connectivity index (χ1) is 9.76. The number of hydrogen-bond donors (Lipinski definition) is 1. The van der Waals surface area contributed by atoms with E-state index in [-0.39, 0.29) is 0 Å². The molecule has 120 valence electrons. The molecule has 0 aromatic carbocycles. The zero-order valence-electron chi connectivity index (χ0n) is 13.4. The Hall–Kier alpha value is 0.230. The fourth-order valence-corrected chi connectivity index (χ4v) is 3.66. The van der Waals surface area contributed by atoms with Crippen molar-refractivity contribution in [2.24, 2.45) is 5.41 Å². The molecule has 3 nitrogen and oxygen atoms in total. The minimum Gasteiger partial charge on any atom is -0.385 e. The van der Waals surface area contributed by atoms with E-state index in [9.17, 15) is 0 Å². The minimum atomic E-state index is 0.417. The Kier molecular flexibility index (Phi) is 9.95. The van der Waals surface area contributed by atoms with Gasteiger partial charge in [0, 0.05) is 40.5 Å². The maximum absolute atomic E-state index is 5.27. The summed E-state index contributed by atoms with van der Waals surface area (Å²) in [6.45, 7) is 4.96. The van der Waals surface area contributed by atoms with Crippen LogP contribution in [0.3, 0.4) is 0 Å². The van der Waals surface area contributed by atoms with Crippen LogP contribution in [-0.4, -0.2) is 57.7 Å². The van der Waals surface area contributed by atoms with Crippen molar-refractivity contribution in [2.45, 2.75) is 44.9 Å². The normalized spacial score (nSPS) is 19.2. The molecule has 0 heterocycles. The number of rotatable bonds is 10. The molecule has 0 amide bonds. The summed E-state index contributed by atoms with van der Waals surface area (Å²) in [5.74, 6) is 1.01. The molecule has 0 aromatic heterocycles. The van der Waals surface area contributed by atoms with Gasteiger partial charge in [-0.05, 0) is 30.4 Å². The van der Waals surface area contributed by atoms with Crippen molar-refractivity contribution >= 4 is 12.6 Å². The Balaban J connectivity index is 2.53. The zero-order valence-corrected chi connectivity index (χ0v) is 14.3. The van der Waals surface area contributed by atoms with Crippen LogP contribution in [0.4, 0.5) is 0 Å². The van der Waals surface area contributed by atoms with Crippen molar-refractivity contribution in [1.29, 1.82) is 0 Å². The second-order valence-electron chi connectivity index (χ2n) is 6.19. The van der Waals surface area contributed by atoms with Crippen LogP contribution in [0.5, 0.6) is 0 Å². The Morgan fingerprint density at radius 2 is 1.60 bits per heavy atom. The maximum atomic E-state index is 5.27. The van der Waals surface area contributed by atoms with Crippen molar-refractivity contribution in [3.63, 3.8) is 0 Å². The maximum Gasteiger partial charge on any atom is 0.0589 e. The van der Waals surface area contributed by atoms with Crippen molar-refractivity contribution in [3.05, 3.63) is 0 Å². The van der Waals surface area contributed by atoms with Gasteiger partial charge < -0.3 is 14.4 Å². The van der Waals surface area contributed by atoms with E-state index in [2.05, 4.69) is 17.5 Å². The van der Waals surface area contributed by atoms with E-state index in [1.165, 1.54) is 45.1 Å². The fraction of sp³-hybridized carbons (Fsp3) is 1.00. The third kappa shape index (κ3) is 6.79. The number of methoxy groups -OCH3 is 2. The molecule has 4 heteroatoms. The van der Waals surface area contributed by atoms with Crippen molar-refractivity contribution in [3.8, 4) is 0 Å². The topological polar surface area (TPSA) is 21.7 Å². The predicted octanol–water partition coefficient (Wildman–Crippen LogP) is 3.24. The van der Waals surface area contributed by atoms with Gasteiger partial charge in [0.2, 0.25) is 0 Å². The van der Waals surface area contributed by atoms with Crippen LogP contribution in [0.25, 0.3) is 0 Å². The van der Waals surface area contributed by atoms with Gasteiger partial charge in [0.25, 0.3) is 0 Å². The van der Waals surface area contributed by atoms with Crippen LogP contribution in [0.15, 0.2) is 0 Å². The SMILES string of the molecule is COCCCN(CCOC)CC1(CS)CCCCCC1. The third-order valence-electron chi connectivity index (χ3n) is 4.49. The molecule has 0 saturated heterocycles. The first-order valence-corrected chi connectivity index (χ1v) is 8.71. The van der Waals surface area contributed by atoms with Gasteiger partial charge in [0.1, 0.15) is 0 Å². The lowest BCUT2D eigenvalue weighted by atomic mass is 9.81. The molecule has 0 N–H and O–H groups in total. The fourth-order valence-electron chi connectivity index (χ4n) is 3.24. The quantitative estimate of drug-likeness (QED) is 0.380. The molecule has 0 spiro atoms. The lowest BCUT2D eigenvalue weighted by molar-refractivity contribution is 0.0958. The van der Waals surface area contributed by atoms with E-state index < -0.39 is 0 Å². The summed E-state index contributed by atoms with van der Waals surface area (Å²) in [7, 11) is 3.56. The second-order valence-corrected chi connectivity index (χ2v) is 6.50. The molecule has 0 atom stereocenters. The largest absolute Gasteiger partial charge is 0.385 e. The molecular formula is C16H33NO2S. The third-order valence-corrected chi connectivity index (χ3v) is 5.16. The average molecular weight is 304 g/mol. The lowest BCUT2D eigenvalue weighted by Crippen LogP contribution is -2.41.